The number of amides is 1. The Morgan fingerprint density at radius 1 is 0.944 bits per heavy atom. The first-order chi connectivity index (χ1) is 17.4. The van der Waals surface area contributed by atoms with Crippen LogP contribution in [0.2, 0.25) is 5.02 Å². The lowest BCUT2D eigenvalue weighted by Crippen LogP contribution is -2.29. The van der Waals surface area contributed by atoms with Gasteiger partial charge in [0.15, 0.2) is 11.5 Å². The van der Waals surface area contributed by atoms with Crippen molar-refractivity contribution in [3.8, 4) is 23.0 Å². The lowest BCUT2D eigenvalue weighted by Gasteiger charge is -2.27. The molecule has 9 heteroatoms. The number of nitrogens with zero attached hydrogens (tertiary/aromatic N) is 1. The van der Waals surface area contributed by atoms with Gasteiger partial charge in [-0.3, -0.25) is 14.5 Å². The number of anilines is 1. The number of Topliss-reactive ketones (excluding diaryl/α,β-unsaturated/α-hetero) is 1. The molecule has 3 aromatic rings. The molecule has 0 radical (unpaired) electrons. The smallest absolute Gasteiger partial charge is 0.300 e. The van der Waals surface area contributed by atoms with E-state index in [4.69, 9.17) is 30.5 Å². The zero-order chi connectivity index (χ0) is 25.4. The van der Waals surface area contributed by atoms with Gasteiger partial charge in [-0.2, -0.15) is 0 Å². The predicted octanol–water partition coefficient (Wildman–Crippen LogP) is 4.75. The lowest BCUT2D eigenvalue weighted by molar-refractivity contribution is -0.132. The van der Waals surface area contributed by atoms with Crippen molar-refractivity contribution in [2.24, 2.45) is 0 Å². The number of aliphatic hydroxyl groups is 1. The van der Waals surface area contributed by atoms with Crippen molar-refractivity contribution < 1.29 is 33.6 Å². The van der Waals surface area contributed by atoms with Crippen LogP contribution in [0.15, 0.2) is 66.2 Å². The Kier molecular flexibility index (Phi) is 6.20. The van der Waals surface area contributed by atoms with E-state index in [1.54, 1.807) is 61.7 Å². The largest absolute Gasteiger partial charge is 0.507 e. The summed E-state index contributed by atoms with van der Waals surface area (Å²) in [6, 6.07) is 15.7. The second kappa shape index (κ2) is 9.47. The number of halogens is 1. The van der Waals surface area contributed by atoms with Crippen molar-refractivity contribution in [1.82, 2.24) is 0 Å². The monoisotopic (exact) mass is 507 g/mol. The number of carbonyl (C=O) groups excluding carboxylic acids is 2. The fourth-order valence-electron chi connectivity index (χ4n) is 4.39. The molecule has 0 spiro atoms. The summed E-state index contributed by atoms with van der Waals surface area (Å²) in [5.74, 6) is -0.117. The highest BCUT2D eigenvalue weighted by Gasteiger charge is 2.47. The number of methoxy groups -OCH3 is 2. The number of rotatable bonds is 5. The molecule has 1 saturated heterocycles. The van der Waals surface area contributed by atoms with E-state index in [1.165, 1.54) is 18.1 Å². The van der Waals surface area contributed by atoms with Crippen molar-refractivity contribution in [3.63, 3.8) is 0 Å². The molecule has 0 aliphatic carbocycles. The molecule has 0 saturated carbocycles. The van der Waals surface area contributed by atoms with Crippen LogP contribution in [-0.4, -0.2) is 44.2 Å². The highest BCUT2D eigenvalue weighted by atomic mass is 35.5. The Morgan fingerprint density at radius 2 is 1.67 bits per heavy atom. The van der Waals surface area contributed by atoms with Crippen LogP contribution in [0.4, 0.5) is 5.69 Å². The zero-order valence-corrected chi connectivity index (χ0v) is 20.2. The highest BCUT2D eigenvalue weighted by molar-refractivity contribution is 6.51. The highest BCUT2D eigenvalue weighted by Crippen LogP contribution is 2.45. The van der Waals surface area contributed by atoms with E-state index in [9.17, 15) is 14.7 Å². The fourth-order valence-corrected chi connectivity index (χ4v) is 4.56. The molecule has 1 unspecified atom stereocenters. The molecule has 1 N–H and O–H groups in total. The Labute approximate surface area is 212 Å². The standard InChI is InChI=1S/C27H22ClNO7/c1-33-18-7-3-15(4-8-18)24-23(25(30)19-13-16(28)5-9-20(19)34-2)26(31)27(32)29(24)17-6-10-21-22(14-17)36-12-11-35-21/h3-10,13-14,24,30H,11-12H2,1-2H3/b25-23+. The average molecular weight is 508 g/mol. The average Bonchev–Trinajstić information content (AvgIpc) is 3.18. The molecule has 2 heterocycles. The molecule has 1 atom stereocenters. The minimum absolute atomic E-state index is 0.0966. The first-order valence-electron chi connectivity index (χ1n) is 11.1. The van der Waals surface area contributed by atoms with Gasteiger partial charge in [0.2, 0.25) is 0 Å². The molecule has 0 bridgehead atoms. The normalized spacial score (nSPS) is 18.3. The van der Waals surface area contributed by atoms with Crippen LogP contribution in [0.5, 0.6) is 23.0 Å². The van der Waals surface area contributed by atoms with E-state index in [-0.39, 0.29) is 11.1 Å². The number of ether oxygens (including phenoxy) is 4. The lowest BCUT2D eigenvalue weighted by atomic mass is 9.94. The van der Waals surface area contributed by atoms with Crippen LogP contribution in [0.1, 0.15) is 17.2 Å². The molecule has 36 heavy (non-hydrogen) atoms. The van der Waals surface area contributed by atoms with Crippen LogP contribution < -0.4 is 23.8 Å². The van der Waals surface area contributed by atoms with Gasteiger partial charge in [-0.15, -0.1) is 0 Å². The second-order valence-electron chi connectivity index (χ2n) is 8.11. The van der Waals surface area contributed by atoms with Gasteiger partial charge in [-0.25, -0.2) is 0 Å². The summed E-state index contributed by atoms with van der Waals surface area (Å²) in [6.45, 7) is 0.788. The summed E-state index contributed by atoms with van der Waals surface area (Å²) in [5.41, 5.74) is 1.11. The molecule has 184 valence electrons. The van der Waals surface area contributed by atoms with Gasteiger partial charge < -0.3 is 24.1 Å². The molecule has 1 fully saturated rings. The van der Waals surface area contributed by atoms with Gasteiger partial charge in [0.05, 0.1) is 31.4 Å². The van der Waals surface area contributed by atoms with E-state index in [2.05, 4.69) is 0 Å². The molecule has 1 amide bonds. The Hall–Kier alpha value is -4.17. The third-order valence-electron chi connectivity index (χ3n) is 6.10. The molecule has 2 aliphatic rings. The van der Waals surface area contributed by atoms with Gasteiger partial charge in [-0.05, 0) is 48.0 Å². The van der Waals surface area contributed by atoms with Gasteiger partial charge in [0.1, 0.15) is 30.5 Å². The molecule has 0 aromatic heterocycles. The molecule has 8 nitrogen and oxygen atoms in total. The van der Waals surface area contributed by atoms with E-state index in [0.29, 0.717) is 52.5 Å². The van der Waals surface area contributed by atoms with Crippen molar-refractivity contribution in [2.75, 3.05) is 32.3 Å². The summed E-state index contributed by atoms with van der Waals surface area (Å²) < 4.78 is 21.9. The van der Waals surface area contributed by atoms with E-state index in [0.717, 1.165) is 0 Å². The van der Waals surface area contributed by atoms with Crippen LogP contribution >= 0.6 is 11.6 Å². The quantitative estimate of drug-likeness (QED) is 0.302. The predicted molar refractivity (Wildman–Crippen MR) is 133 cm³/mol. The van der Waals surface area contributed by atoms with Crippen LogP contribution in [-0.2, 0) is 9.59 Å². The van der Waals surface area contributed by atoms with Crippen LogP contribution in [0, 0.1) is 0 Å². The maximum atomic E-state index is 13.4. The van der Waals surface area contributed by atoms with E-state index in [1.807, 2.05) is 0 Å². The van der Waals surface area contributed by atoms with Crippen molar-refractivity contribution in [2.45, 2.75) is 6.04 Å². The van der Waals surface area contributed by atoms with Crippen molar-refractivity contribution in [1.29, 1.82) is 0 Å². The molecular formula is C27H22ClNO7. The van der Waals surface area contributed by atoms with Gasteiger partial charge >= 0.3 is 0 Å². The number of ketones is 1. The summed E-state index contributed by atoms with van der Waals surface area (Å²) >= 11 is 6.18. The Morgan fingerprint density at radius 3 is 2.36 bits per heavy atom. The van der Waals surface area contributed by atoms with Crippen LogP contribution in [0.3, 0.4) is 0 Å². The number of fused-ring (bicyclic) bond motifs is 1. The van der Waals surface area contributed by atoms with E-state index < -0.39 is 23.5 Å². The van der Waals surface area contributed by atoms with Crippen LogP contribution in [0.25, 0.3) is 5.76 Å². The maximum Gasteiger partial charge on any atom is 0.300 e. The zero-order valence-electron chi connectivity index (χ0n) is 19.5. The number of carbonyl (C=O) groups is 2. The third kappa shape index (κ3) is 3.99. The number of hydrogen-bond donors (Lipinski definition) is 1. The first kappa shape index (κ1) is 23.6. The maximum absolute atomic E-state index is 13.4. The van der Waals surface area contributed by atoms with Crippen molar-refractivity contribution >= 4 is 34.7 Å². The molecule has 5 rings (SSSR count). The fraction of sp³-hybridized carbons (Fsp3) is 0.185. The SMILES string of the molecule is COc1ccc(C2/C(=C(\O)c3cc(Cl)ccc3OC)C(=O)C(=O)N2c2ccc3c(c2)OCCO3)cc1. The van der Waals surface area contributed by atoms with Crippen molar-refractivity contribution in [3.05, 3.63) is 82.4 Å². The summed E-state index contributed by atoms with van der Waals surface area (Å²) in [7, 11) is 2.98. The Balaban J connectivity index is 1.72. The second-order valence-corrected chi connectivity index (χ2v) is 8.55. The molecule has 3 aromatic carbocycles. The van der Waals surface area contributed by atoms with Gasteiger partial charge in [-0.1, -0.05) is 23.7 Å². The van der Waals surface area contributed by atoms with Gasteiger partial charge in [0.25, 0.3) is 11.7 Å². The van der Waals surface area contributed by atoms with E-state index >= 15 is 0 Å². The number of hydrogen-bond acceptors (Lipinski definition) is 7. The Bertz CT molecular complexity index is 1380. The summed E-state index contributed by atoms with van der Waals surface area (Å²) in [6.07, 6.45) is 0. The minimum atomic E-state index is -0.942. The number of aliphatic hydroxyl groups excluding tert-OH is 1. The first-order valence-corrected chi connectivity index (χ1v) is 11.5. The molecule has 2 aliphatic heterocycles. The molecular weight excluding hydrogens is 486 g/mol. The number of benzene rings is 3. The summed E-state index contributed by atoms with van der Waals surface area (Å²) in [4.78, 5) is 28.2. The van der Waals surface area contributed by atoms with Gasteiger partial charge in [0, 0.05) is 16.8 Å². The summed E-state index contributed by atoms with van der Waals surface area (Å²) in [5, 5.41) is 11.7. The minimum Gasteiger partial charge on any atom is -0.507 e. The topological polar surface area (TPSA) is 94.5 Å². The third-order valence-corrected chi connectivity index (χ3v) is 6.33.